The topological polar surface area (TPSA) is 151 Å². The molecule has 9 heteroatoms. The lowest BCUT2D eigenvalue weighted by molar-refractivity contribution is -0.0486. The molecule has 1 saturated heterocycles. The maximum absolute atomic E-state index is 9.93. The molecule has 0 bridgehead atoms. The summed E-state index contributed by atoms with van der Waals surface area (Å²) in [5.74, 6) is 0.282. The molecule has 0 saturated carbocycles. The van der Waals surface area contributed by atoms with Gasteiger partial charge in [0.05, 0.1) is 19.0 Å². The van der Waals surface area contributed by atoms with Crippen LogP contribution >= 0.6 is 0 Å². The minimum atomic E-state index is -0.712. The van der Waals surface area contributed by atoms with Crippen molar-refractivity contribution >= 4 is 17.0 Å². The number of anilines is 1. The van der Waals surface area contributed by atoms with E-state index in [0.29, 0.717) is 17.6 Å². The Morgan fingerprint density at radius 3 is 2.89 bits per heavy atom. The van der Waals surface area contributed by atoms with Gasteiger partial charge in [0.25, 0.3) is 0 Å². The highest BCUT2D eigenvalue weighted by Gasteiger charge is 2.35. The summed E-state index contributed by atoms with van der Waals surface area (Å²) in [6, 6.07) is 0. The standard InChI is InChI=1S/C10H13N5O3.H2O/c11-8-7-9(13-3-12-8)15(4-14-7)10-6(17)1-5(2-16)18-10;/h3-6,10,16-17H,1-2H2,(H2,11,12,13);1H2. The third kappa shape index (κ3) is 2.12. The molecular weight excluding hydrogens is 254 g/mol. The molecule has 0 aromatic carbocycles. The number of aliphatic hydroxyl groups is 2. The van der Waals surface area contributed by atoms with Crippen LogP contribution in [-0.2, 0) is 4.74 Å². The molecule has 0 amide bonds. The van der Waals surface area contributed by atoms with Gasteiger partial charge in [-0.15, -0.1) is 0 Å². The second-order valence-corrected chi connectivity index (χ2v) is 4.22. The minimum Gasteiger partial charge on any atom is -0.412 e. The largest absolute Gasteiger partial charge is 0.412 e. The zero-order chi connectivity index (χ0) is 12.7. The lowest BCUT2D eigenvalue weighted by Crippen LogP contribution is -2.19. The molecule has 3 heterocycles. The van der Waals surface area contributed by atoms with Crippen LogP contribution < -0.4 is 5.73 Å². The van der Waals surface area contributed by atoms with Crippen molar-refractivity contribution in [2.24, 2.45) is 0 Å². The molecule has 3 atom stereocenters. The second kappa shape index (κ2) is 5.05. The SMILES string of the molecule is Nc1ncnc2c1ncn2C1OC(CO)CC1O.O. The Morgan fingerprint density at radius 1 is 1.42 bits per heavy atom. The molecule has 3 rings (SSSR count). The van der Waals surface area contributed by atoms with E-state index >= 15 is 0 Å². The Balaban J connectivity index is 0.00000133. The van der Waals surface area contributed by atoms with E-state index in [1.807, 2.05) is 0 Å². The average Bonchev–Trinajstić information content (AvgIpc) is 2.93. The van der Waals surface area contributed by atoms with Crippen molar-refractivity contribution in [1.29, 1.82) is 0 Å². The second-order valence-electron chi connectivity index (χ2n) is 4.22. The van der Waals surface area contributed by atoms with E-state index in [1.165, 1.54) is 12.7 Å². The fourth-order valence-corrected chi connectivity index (χ4v) is 2.15. The van der Waals surface area contributed by atoms with Crippen molar-refractivity contribution < 1.29 is 20.4 Å². The minimum absolute atomic E-state index is 0. The van der Waals surface area contributed by atoms with Crippen LogP contribution in [0.1, 0.15) is 12.6 Å². The first-order chi connectivity index (χ1) is 8.70. The number of nitrogens with zero attached hydrogens (tertiary/aromatic N) is 4. The van der Waals surface area contributed by atoms with Crippen LogP contribution in [0.2, 0.25) is 0 Å². The highest BCUT2D eigenvalue weighted by atomic mass is 16.5. The molecule has 0 spiro atoms. The number of imidazole rings is 1. The summed E-state index contributed by atoms with van der Waals surface area (Å²) in [5, 5.41) is 19.0. The first-order valence-electron chi connectivity index (χ1n) is 5.58. The summed E-state index contributed by atoms with van der Waals surface area (Å²) in [6.07, 6.45) is 1.52. The maximum Gasteiger partial charge on any atom is 0.167 e. The Bertz CT molecular complexity index is 574. The van der Waals surface area contributed by atoms with Gasteiger partial charge < -0.3 is 26.2 Å². The third-order valence-electron chi connectivity index (χ3n) is 3.03. The van der Waals surface area contributed by atoms with Gasteiger partial charge in [0, 0.05) is 6.42 Å². The molecule has 19 heavy (non-hydrogen) atoms. The molecule has 0 radical (unpaired) electrons. The number of rotatable bonds is 2. The summed E-state index contributed by atoms with van der Waals surface area (Å²) in [7, 11) is 0. The molecule has 1 aliphatic rings. The summed E-state index contributed by atoms with van der Waals surface area (Å²) in [6.45, 7) is -0.128. The monoisotopic (exact) mass is 269 g/mol. The number of nitrogen functional groups attached to an aromatic ring is 1. The van der Waals surface area contributed by atoms with Crippen molar-refractivity contribution in [3.8, 4) is 0 Å². The number of aliphatic hydroxyl groups excluding tert-OH is 2. The van der Waals surface area contributed by atoms with Gasteiger partial charge in [-0.2, -0.15) is 0 Å². The van der Waals surface area contributed by atoms with Gasteiger partial charge in [0.15, 0.2) is 17.7 Å². The zero-order valence-corrected chi connectivity index (χ0v) is 9.97. The van der Waals surface area contributed by atoms with Gasteiger partial charge >= 0.3 is 0 Å². The van der Waals surface area contributed by atoms with Crippen molar-refractivity contribution in [2.45, 2.75) is 24.9 Å². The van der Waals surface area contributed by atoms with Crippen LogP contribution in [0.15, 0.2) is 12.7 Å². The smallest absolute Gasteiger partial charge is 0.167 e. The van der Waals surface area contributed by atoms with E-state index in [4.69, 9.17) is 15.6 Å². The Kier molecular flexibility index (Phi) is 3.62. The molecule has 1 fully saturated rings. The Labute approximate surface area is 108 Å². The normalized spacial score (nSPS) is 26.5. The van der Waals surface area contributed by atoms with E-state index in [9.17, 15) is 5.11 Å². The predicted octanol–water partition coefficient (Wildman–Crippen LogP) is -1.78. The number of nitrogens with two attached hydrogens (primary N) is 1. The van der Waals surface area contributed by atoms with E-state index in [2.05, 4.69) is 15.0 Å². The fraction of sp³-hybridized carbons (Fsp3) is 0.500. The van der Waals surface area contributed by atoms with Gasteiger partial charge in [0.1, 0.15) is 17.9 Å². The van der Waals surface area contributed by atoms with Gasteiger partial charge in [-0.05, 0) is 0 Å². The van der Waals surface area contributed by atoms with Crippen LogP contribution in [-0.4, -0.2) is 54.0 Å². The van der Waals surface area contributed by atoms with E-state index in [-0.39, 0.29) is 24.0 Å². The number of ether oxygens (including phenoxy) is 1. The maximum atomic E-state index is 9.93. The van der Waals surface area contributed by atoms with E-state index in [0.717, 1.165) is 0 Å². The van der Waals surface area contributed by atoms with Crippen molar-refractivity contribution in [3.63, 3.8) is 0 Å². The summed E-state index contributed by atoms with van der Waals surface area (Å²) >= 11 is 0. The molecule has 1 aliphatic heterocycles. The zero-order valence-electron chi connectivity index (χ0n) is 9.97. The molecular formula is C10H15N5O4. The van der Waals surface area contributed by atoms with E-state index < -0.39 is 12.3 Å². The van der Waals surface area contributed by atoms with Gasteiger partial charge in [0.2, 0.25) is 0 Å². The van der Waals surface area contributed by atoms with E-state index in [1.54, 1.807) is 4.57 Å². The third-order valence-corrected chi connectivity index (χ3v) is 3.03. The summed E-state index contributed by atoms with van der Waals surface area (Å²) in [5.41, 5.74) is 6.66. The van der Waals surface area contributed by atoms with Crippen molar-refractivity contribution in [3.05, 3.63) is 12.7 Å². The molecule has 0 aliphatic carbocycles. The molecule has 2 aromatic rings. The lowest BCUT2D eigenvalue weighted by atomic mass is 10.2. The number of fused-ring (bicyclic) bond motifs is 1. The van der Waals surface area contributed by atoms with Gasteiger partial charge in [-0.25, -0.2) is 15.0 Å². The number of hydrogen-bond donors (Lipinski definition) is 3. The first-order valence-corrected chi connectivity index (χ1v) is 5.58. The fourth-order valence-electron chi connectivity index (χ4n) is 2.15. The summed E-state index contributed by atoms with van der Waals surface area (Å²) < 4.78 is 7.14. The number of hydrogen-bond acceptors (Lipinski definition) is 7. The first kappa shape index (κ1) is 13.6. The highest BCUT2D eigenvalue weighted by molar-refractivity contribution is 5.81. The molecule has 6 N–H and O–H groups in total. The van der Waals surface area contributed by atoms with Gasteiger partial charge in [-0.1, -0.05) is 0 Å². The van der Waals surface area contributed by atoms with Crippen LogP contribution in [0.5, 0.6) is 0 Å². The highest BCUT2D eigenvalue weighted by Crippen LogP contribution is 2.31. The Morgan fingerprint density at radius 2 is 2.21 bits per heavy atom. The van der Waals surface area contributed by atoms with Crippen LogP contribution in [0.3, 0.4) is 0 Å². The van der Waals surface area contributed by atoms with Crippen LogP contribution in [0, 0.1) is 0 Å². The molecule has 104 valence electrons. The Hall–Kier alpha value is -1.81. The van der Waals surface area contributed by atoms with Crippen molar-refractivity contribution in [1.82, 2.24) is 19.5 Å². The quantitative estimate of drug-likeness (QED) is 0.583. The molecule has 2 aromatic heterocycles. The molecule has 9 nitrogen and oxygen atoms in total. The average molecular weight is 269 g/mol. The van der Waals surface area contributed by atoms with Crippen LogP contribution in [0.4, 0.5) is 5.82 Å². The van der Waals surface area contributed by atoms with Gasteiger partial charge in [-0.3, -0.25) is 4.57 Å². The summed E-state index contributed by atoms with van der Waals surface area (Å²) in [4.78, 5) is 12.0. The predicted molar refractivity (Wildman–Crippen MR) is 65.0 cm³/mol. The molecule has 3 unspecified atom stereocenters. The van der Waals surface area contributed by atoms with Crippen molar-refractivity contribution in [2.75, 3.05) is 12.3 Å². The lowest BCUT2D eigenvalue weighted by Gasteiger charge is -2.16. The number of aromatic nitrogens is 4. The van der Waals surface area contributed by atoms with Crippen LogP contribution in [0.25, 0.3) is 11.2 Å².